The highest BCUT2D eigenvalue weighted by atomic mass is 16.5. The molecule has 0 aromatic heterocycles. The maximum atomic E-state index is 12.6. The van der Waals surface area contributed by atoms with Gasteiger partial charge in [-0.25, -0.2) is 0 Å². The maximum Gasteiger partial charge on any atom is 0.196 e. The van der Waals surface area contributed by atoms with Crippen molar-refractivity contribution in [2.24, 2.45) is 23.2 Å². The van der Waals surface area contributed by atoms with Crippen LogP contribution in [-0.4, -0.2) is 43.5 Å². The Bertz CT molecular complexity index is 696. The molecular formula is C18H21NO3. The van der Waals surface area contributed by atoms with Gasteiger partial charge in [-0.15, -0.1) is 0 Å². The SMILES string of the molecule is [2H]C1=CC(OC)=C2O[C@H]3C(=O)C=C[C@H]4[C@H]5CC1C2[C@@]34CCN5C. The zero-order chi connectivity index (χ0) is 15.9. The number of ketones is 1. The predicted molar refractivity (Wildman–Crippen MR) is 80.8 cm³/mol. The van der Waals surface area contributed by atoms with E-state index in [0.29, 0.717) is 23.8 Å². The lowest BCUT2D eigenvalue weighted by atomic mass is 9.48. The van der Waals surface area contributed by atoms with Crippen molar-refractivity contribution in [1.82, 2.24) is 4.90 Å². The third-order valence-electron chi connectivity index (χ3n) is 6.61. The number of hydrogen-bond donors (Lipinski definition) is 0. The molecule has 6 atom stereocenters. The summed E-state index contributed by atoms with van der Waals surface area (Å²) >= 11 is 0. The highest BCUT2D eigenvalue weighted by Crippen LogP contribution is 2.66. The minimum Gasteiger partial charge on any atom is -0.493 e. The first-order valence-electron chi connectivity index (χ1n) is 8.63. The van der Waals surface area contributed by atoms with E-state index in [9.17, 15) is 4.79 Å². The van der Waals surface area contributed by atoms with Crippen LogP contribution in [0.5, 0.6) is 0 Å². The molecule has 3 fully saturated rings. The van der Waals surface area contributed by atoms with Gasteiger partial charge < -0.3 is 14.4 Å². The summed E-state index contributed by atoms with van der Waals surface area (Å²) in [4.78, 5) is 15.0. The van der Waals surface area contributed by atoms with Gasteiger partial charge in [0.25, 0.3) is 0 Å². The Kier molecular flexibility index (Phi) is 2.20. The average molecular weight is 300 g/mol. The molecule has 3 aliphatic carbocycles. The van der Waals surface area contributed by atoms with Crippen molar-refractivity contribution in [3.63, 3.8) is 0 Å². The number of allylic oxidation sites excluding steroid dienone is 3. The van der Waals surface area contributed by atoms with Crippen molar-refractivity contribution < 1.29 is 15.6 Å². The van der Waals surface area contributed by atoms with Crippen LogP contribution in [0.25, 0.3) is 0 Å². The summed E-state index contributed by atoms with van der Waals surface area (Å²) in [6, 6.07) is 1.01. The number of likely N-dealkylation sites (tertiary alicyclic amines) is 1. The molecular weight excluding hydrogens is 278 g/mol. The quantitative estimate of drug-likeness (QED) is 0.741. The summed E-state index contributed by atoms with van der Waals surface area (Å²) in [6.45, 7) is 0.984. The van der Waals surface area contributed by atoms with Gasteiger partial charge in [-0.2, -0.15) is 0 Å². The van der Waals surface area contributed by atoms with Crippen molar-refractivity contribution in [2.75, 3.05) is 20.7 Å². The maximum absolute atomic E-state index is 12.6. The molecule has 0 aromatic carbocycles. The molecule has 5 rings (SSSR count). The van der Waals surface area contributed by atoms with Gasteiger partial charge in [-0.05, 0) is 44.5 Å². The van der Waals surface area contributed by atoms with Gasteiger partial charge in [0, 0.05) is 23.3 Å². The second kappa shape index (κ2) is 4.05. The Morgan fingerprint density at radius 3 is 3.18 bits per heavy atom. The molecule has 4 heteroatoms. The minimum atomic E-state index is -0.402. The topological polar surface area (TPSA) is 38.8 Å². The van der Waals surface area contributed by atoms with E-state index < -0.39 is 6.10 Å². The van der Waals surface area contributed by atoms with Crippen LogP contribution in [0.4, 0.5) is 0 Å². The number of ether oxygens (including phenoxy) is 2. The lowest BCUT2D eigenvalue weighted by Crippen LogP contribution is -2.64. The molecule has 0 aromatic rings. The Labute approximate surface area is 131 Å². The van der Waals surface area contributed by atoms with E-state index in [2.05, 4.69) is 18.0 Å². The highest BCUT2D eigenvalue weighted by molar-refractivity contribution is 5.96. The fraction of sp³-hybridized carbons (Fsp3) is 0.611. The van der Waals surface area contributed by atoms with Crippen LogP contribution in [0.15, 0.2) is 35.8 Å². The number of hydrogen-bond acceptors (Lipinski definition) is 4. The zero-order valence-electron chi connectivity index (χ0n) is 13.9. The normalized spacial score (nSPS) is 49.4. The van der Waals surface area contributed by atoms with Gasteiger partial charge in [0.05, 0.1) is 8.48 Å². The van der Waals surface area contributed by atoms with Gasteiger partial charge in [-0.3, -0.25) is 4.79 Å². The fourth-order valence-electron chi connectivity index (χ4n) is 5.71. The van der Waals surface area contributed by atoms with Crippen molar-refractivity contribution >= 4 is 5.78 Å². The standard InChI is InChI=1S/C18H21NO3/c1-19-8-7-18-11-4-5-13(20)17(18)22-16-14(21-2)6-3-10(15(16)18)9-12(11)19/h3-6,10-12,15,17H,7-9H2,1-2H3/t10?,11-,12+,15?,17-,18-/m0/s1/i3D. The Morgan fingerprint density at radius 2 is 2.36 bits per heavy atom. The van der Waals surface area contributed by atoms with Crippen LogP contribution in [0, 0.1) is 23.2 Å². The number of methoxy groups -OCH3 is 1. The van der Waals surface area contributed by atoms with E-state index in [1.54, 1.807) is 19.3 Å². The second-order valence-corrected chi connectivity index (χ2v) is 7.26. The van der Waals surface area contributed by atoms with E-state index >= 15 is 0 Å². The molecule has 1 saturated carbocycles. The fourth-order valence-corrected chi connectivity index (χ4v) is 5.71. The Hall–Kier alpha value is -1.55. The molecule has 0 amide bonds. The first kappa shape index (κ1) is 11.9. The summed E-state index contributed by atoms with van der Waals surface area (Å²) in [5.41, 5.74) is -0.189. The van der Waals surface area contributed by atoms with Crippen LogP contribution in [-0.2, 0) is 14.3 Å². The Balaban J connectivity index is 1.76. The molecule has 2 saturated heterocycles. The molecule has 0 radical (unpaired) electrons. The van der Waals surface area contributed by atoms with E-state index in [0.717, 1.165) is 25.1 Å². The number of rotatable bonds is 1. The number of carbonyl (C=O) groups is 1. The van der Waals surface area contributed by atoms with E-state index in [4.69, 9.17) is 10.8 Å². The van der Waals surface area contributed by atoms with Crippen LogP contribution in [0.2, 0.25) is 0 Å². The second-order valence-electron chi connectivity index (χ2n) is 7.26. The molecule has 2 unspecified atom stereocenters. The van der Waals surface area contributed by atoms with Gasteiger partial charge in [0.1, 0.15) is 5.76 Å². The van der Waals surface area contributed by atoms with Crippen molar-refractivity contribution in [2.45, 2.75) is 25.0 Å². The summed E-state index contributed by atoms with van der Waals surface area (Å²) < 4.78 is 20.2. The lowest BCUT2D eigenvalue weighted by Gasteiger charge is -2.59. The molecule has 0 N–H and O–H groups in total. The monoisotopic (exact) mass is 300 g/mol. The van der Waals surface area contributed by atoms with Crippen molar-refractivity contribution in [3.8, 4) is 0 Å². The van der Waals surface area contributed by atoms with Crippen molar-refractivity contribution in [1.29, 1.82) is 0 Å². The first-order valence-corrected chi connectivity index (χ1v) is 8.13. The van der Waals surface area contributed by atoms with Crippen LogP contribution in [0.3, 0.4) is 0 Å². The molecule has 2 aliphatic heterocycles. The summed E-state index contributed by atoms with van der Waals surface area (Å²) in [7, 11) is 3.79. The largest absolute Gasteiger partial charge is 0.493 e. The van der Waals surface area contributed by atoms with E-state index in [1.165, 1.54) is 0 Å². The average Bonchev–Trinajstić information content (AvgIpc) is 2.89. The van der Waals surface area contributed by atoms with Crippen molar-refractivity contribution in [3.05, 3.63) is 35.8 Å². The van der Waals surface area contributed by atoms with Crippen LogP contribution >= 0.6 is 0 Å². The van der Waals surface area contributed by atoms with E-state index in [-0.39, 0.29) is 23.0 Å². The first-order chi connectivity index (χ1) is 11.1. The molecule has 4 nitrogen and oxygen atoms in total. The number of nitrogens with zero attached hydrogens (tertiary/aromatic N) is 1. The summed E-state index contributed by atoms with van der Waals surface area (Å²) in [5.74, 6) is 2.12. The molecule has 22 heavy (non-hydrogen) atoms. The molecule has 1 spiro atoms. The third-order valence-corrected chi connectivity index (χ3v) is 6.61. The molecule has 2 heterocycles. The van der Waals surface area contributed by atoms with E-state index in [1.807, 2.05) is 0 Å². The summed E-state index contributed by atoms with van der Waals surface area (Å²) in [6.07, 6.45) is 7.13. The van der Waals surface area contributed by atoms with Gasteiger partial charge in [0.15, 0.2) is 17.6 Å². The molecule has 2 bridgehead atoms. The lowest BCUT2D eigenvalue weighted by molar-refractivity contribution is -0.140. The van der Waals surface area contributed by atoms with Crippen LogP contribution < -0.4 is 0 Å². The van der Waals surface area contributed by atoms with Gasteiger partial charge in [-0.1, -0.05) is 12.1 Å². The van der Waals surface area contributed by atoms with Crippen LogP contribution in [0.1, 0.15) is 14.2 Å². The molecule has 116 valence electrons. The predicted octanol–water partition coefficient (Wildman–Crippen LogP) is 1.89. The Morgan fingerprint density at radius 1 is 1.50 bits per heavy atom. The third kappa shape index (κ3) is 1.27. The van der Waals surface area contributed by atoms with Gasteiger partial charge in [0.2, 0.25) is 0 Å². The highest BCUT2D eigenvalue weighted by Gasteiger charge is 2.69. The smallest absolute Gasteiger partial charge is 0.196 e. The molecule has 5 aliphatic rings. The number of piperidine rings is 1. The summed E-state index contributed by atoms with van der Waals surface area (Å²) in [5, 5.41) is 0. The number of carbonyl (C=O) groups excluding carboxylic acids is 1. The minimum absolute atomic E-state index is 0.0779. The zero-order valence-corrected chi connectivity index (χ0v) is 12.9. The van der Waals surface area contributed by atoms with Gasteiger partial charge >= 0.3 is 0 Å².